The van der Waals surface area contributed by atoms with Gasteiger partial charge in [-0.1, -0.05) is 6.92 Å². The molecule has 0 saturated carbocycles. The van der Waals surface area contributed by atoms with E-state index >= 15 is 0 Å². The molecule has 1 fully saturated rings. The van der Waals surface area contributed by atoms with E-state index in [0.29, 0.717) is 22.9 Å². The highest BCUT2D eigenvalue weighted by Crippen LogP contribution is 2.28. The van der Waals surface area contributed by atoms with E-state index in [4.69, 9.17) is 4.42 Å². The molecule has 2 atom stereocenters. The quantitative estimate of drug-likeness (QED) is 0.824. The maximum Gasteiger partial charge on any atom is 0.212 e. The molecule has 0 aliphatic carbocycles. The number of aromatic nitrogens is 1. The van der Waals surface area contributed by atoms with Crippen LogP contribution in [0.3, 0.4) is 0 Å². The topological polar surface area (TPSA) is 38.1 Å². The second kappa shape index (κ2) is 4.11. The van der Waals surface area contributed by atoms with Crippen LogP contribution >= 0.6 is 0 Å². The van der Waals surface area contributed by atoms with Crippen LogP contribution < -0.4 is 5.32 Å². The molecule has 0 bridgehead atoms. The second-order valence-corrected chi connectivity index (χ2v) is 4.80. The highest BCUT2D eigenvalue weighted by molar-refractivity contribution is 5.72. The number of halogens is 1. The number of fused-ring (bicyclic) bond motifs is 1. The highest BCUT2D eigenvalue weighted by Gasteiger charge is 2.24. The molecule has 1 aliphatic rings. The Morgan fingerprint density at radius 1 is 1.47 bits per heavy atom. The van der Waals surface area contributed by atoms with Crippen LogP contribution in [0.25, 0.3) is 11.1 Å². The minimum absolute atomic E-state index is 0.161. The molecular formula is C13H15FN2O. The Bertz CT molecular complexity index is 537. The van der Waals surface area contributed by atoms with Gasteiger partial charge in [-0.2, -0.15) is 0 Å². The van der Waals surface area contributed by atoms with E-state index in [9.17, 15) is 4.39 Å². The summed E-state index contributed by atoms with van der Waals surface area (Å²) >= 11 is 0. The Hall–Kier alpha value is -1.42. The van der Waals surface area contributed by atoms with Gasteiger partial charge in [-0.25, -0.2) is 9.37 Å². The van der Waals surface area contributed by atoms with Crippen LogP contribution in [0.2, 0.25) is 0 Å². The monoisotopic (exact) mass is 234 g/mol. The molecule has 0 radical (unpaired) electrons. The molecule has 3 rings (SSSR count). The standard InChI is InChI=1S/C13H15FN2O/c1-8-4-5-15-11(6-8)13-16-10-7-9(14)2-3-12(10)17-13/h2-3,7-8,11,15H,4-6H2,1H3. The number of nitrogens with one attached hydrogen (secondary N) is 1. The number of piperidine rings is 1. The number of hydrogen-bond acceptors (Lipinski definition) is 3. The summed E-state index contributed by atoms with van der Waals surface area (Å²) in [5.41, 5.74) is 1.25. The van der Waals surface area contributed by atoms with Gasteiger partial charge in [0.05, 0.1) is 6.04 Å². The van der Waals surface area contributed by atoms with Crippen molar-refractivity contribution in [3.63, 3.8) is 0 Å². The van der Waals surface area contributed by atoms with E-state index in [1.807, 2.05) is 0 Å². The molecule has 17 heavy (non-hydrogen) atoms. The molecule has 90 valence electrons. The fourth-order valence-corrected chi connectivity index (χ4v) is 2.36. The zero-order valence-electron chi connectivity index (χ0n) is 9.74. The maximum absolute atomic E-state index is 13.1. The summed E-state index contributed by atoms with van der Waals surface area (Å²) in [6.07, 6.45) is 2.21. The van der Waals surface area contributed by atoms with Crippen molar-refractivity contribution in [3.05, 3.63) is 29.9 Å². The van der Waals surface area contributed by atoms with Crippen LogP contribution in [0.1, 0.15) is 31.7 Å². The third-order valence-corrected chi connectivity index (χ3v) is 3.33. The van der Waals surface area contributed by atoms with Crippen molar-refractivity contribution in [1.29, 1.82) is 0 Å². The van der Waals surface area contributed by atoms with Crippen LogP contribution in [-0.2, 0) is 0 Å². The SMILES string of the molecule is CC1CCNC(c2nc3cc(F)ccc3o2)C1. The zero-order valence-corrected chi connectivity index (χ0v) is 9.74. The Morgan fingerprint density at radius 2 is 2.35 bits per heavy atom. The van der Waals surface area contributed by atoms with Crippen LogP contribution in [0.15, 0.2) is 22.6 Å². The molecule has 4 heteroatoms. The Labute approximate surface area is 99.0 Å². The first kappa shape index (κ1) is 10.7. The van der Waals surface area contributed by atoms with Gasteiger partial charge in [0, 0.05) is 6.07 Å². The summed E-state index contributed by atoms with van der Waals surface area (Å²) in [5, 5.41) is 3.39. The Balaban J connectivity index is 1.94. The molecule has 1 N–H and O–H groups in total. The van der Waals surface area contributed by atoms with Gasteiger partial charge in [-0.3, -0.25) is 0 Å². The highest BCUT2D eigenvalue weighted by atomic mass is 19.1. The molecular weight excluding hydrogens is 219 g/mol. The number of nitrogens with zero attached hydrogens (tertiary/aromatic N) is 1. The summed E-state index contributed by atoms with van der Waals surface area (Å²) in [6.45, 7) is 3.22. The van der Waals surface area contributed by atoms with Crippen molar-refractivity contribution in [2.45, 2.75) is 25.8 Å². The number of hydrogen-bond donors (Lipinski definition) is 1. The van der Waals surface area contributed by atoms with Gasteiger partial charge < -0.3 is 9.73 Å². The smallest absolute Gasteiger partial charge is 0.212 e. The van der Waals surface area contributed by atoms with Crippen molar-refractivity contribution in [2.24, 2.45) is 5.92 Å². The first-order chi connectivity index (χ1) is 8.22. The van der Waals surface area contributed by atoms with Gasteiger partial charge in [0.2, 0.25) is 5.89 Å². The van der Waals surface area contributed by atoms with Crippen molar-refractivity contribution in [3.8, 4) is 0 Å². The minimum Gasteiger partial charge on any atom is -0.439 e. The summed E-state index contributed by atoms with van der Waals surface area (Å²) in [6, 6.07) is 4.60. The van der Waals surface area contributed by atoms with Gasteiger partial charge in [0.1, 0.15) is 11.3 Å². The van der Waals surface area contributed by atoms with Crippen molar-refractivity contribution < 1.29 is 8.81 Å². The van der Waals surface area contributed by atoms with Crippen LogP contribution in [-0.4, -0.2) is 11.5 Å². The number of rotatable bonds is 1. The number of benzene rings is 1. The predicted octanol–water partition coefficient (Wildman–Crippen LogP) is 3.03. The zero-order chi connectivity index (χ0) is 11.8. The van der Waals surface area contributed by atoms with Crippen LogP contribution in [0.5, 0.6) is 0 Å². The van der Waals surface area contributed by atoms with E-state index in [1.165, 1.54) is 18.6 Å². The first-order valence-corrected chi connectivity index (χ1v) is 6.02. The van der Waals surface area contributed by atoms with E-state index in [2.05, 4.69) is 17.2 Å². The largest absolute Gasteiger partial charge is 0.439 e. The average Bonchev–Trinajstić information content (AvgIpc) is 2.72. The van der Waals surface area contributed by atoms with E-state index in [-0.39, 0.29) is 11.9 Å². The van der Waals surface area contributed by atoms with Gasteiger partial charge in [-0.15, -0.1) is 0 Å². The van der Waals surface area contributed by atoms with E-state index in [1.54, 1.807) is 6.07 Å². The molecule has 1 aromatic carbocycles. The molecule has 0 amide bonds. The minimum atomic E-state index is -0.276. The molecule has 1 aromatic heterocycles. The third kappa shape index (κ3) is 2.05. The van der Waals surface area contributed by atoms with Crippen LogP contribution in [0, 0.1) is 11.7 Å². The molecule has 2 aromatic rings. The molecule has 0 spiro atoms. The lowest BCUT2D eigenvalue weighted by atomic mass is 9.94. The molecule has 1 aliphatic heterocycles. The van der Waals surface area contributed by atoms with Crippen molar-refractivity contribution >= 4 is 11.1 Å². The van der Waals surface area contributed by atoms with Crippen molar-refractivity contribution in [2.75, 3.05) is 6.54 Å². The Morgan fingerprint density at radius 3 is 3.18 bits per heavy atom. The van der Waals surface area contributed by atoms with Crippen molar-refractivity contribution in [1.82, 2.24) is 10.3 Å². The van der Waals surface area contributed by atoms with Gasteiger partial charge in [0.15, 0.2) is 5.58 Å². The number of oxazole rings is 1. The van der Waals surface area contributed by atoms with E-state index in [0.717, 1.165) is 13.0 Å². The van der Waals surface area contributed by atoms with Gasteiger partial charge >= 0.3 is 0 Å². The molecule has 1 saturated heterocycles. The van der Waals surface area contributed by atoms with Gasteiger partial charge in [-0.05, 0) is 37.4 Å². The lowest BCUT2D eigenvalue weighted by Crippen LogP contribution is -2.30. The normalized spacial score (nSPS) is 25.3. The van der Waals surface area contributed by atoms with Gasteiger partial charge in [0.25, 0.3) is 0 Å². The molecule has 3 nitrogen and oxygen atoms in total. The summed E-state index contributed by atoms with van der Waals surface area (Å²) in [5.74, 6) is 1.08. The Kier molecular flexibility index (Phi) is 2.59. The van der Waals surface area contributed by atoms with E-state index < -0.39 is 0 Å². The first-order valence-electron chi connectivity index (χ1n) is 6.02. The average molecular weight is 234 g/mol. The summed E-state index contributed by atoms with van der Waals surface area (Å²) < 4.78 is 18.7. The lowest BCUT2D eigenvalue weighted by Gasteiger charge is -2.25. The fraction of sp³-hybridized carbons (Fsp3) is 0.462. The second-order valence-electron chi connectivity index (χ2n) is 4.80. The maximum atomic E-state index is 13.1. The summed E-state index contributed by atoms with van der Waals surface area (Å²) in [7, 11) is 0. The fourth-order valence-electron chi connectivity index (χ4n) is 2.36. The van der Waals surface area contributed by atoms with Crippen LogP contribution in [0.4, 0.5) is 4.39 Å². The lowest BCUT2D eigenvalue weighted by molar-refractivity contribution is 0.287. The third-order valence-electron chi connectivity index (χ3n) is 3.33. The summed E-state index contributed by atoms with van der Waals surface area (Å²) in [4.78, 5) is 4.36. The molecule has 2 unspecified atom stereocenters. The molecule has 2 heterocycles. The predicted molar refractivity (Wildman–Crippen MR) is 63.1 cm³/mol.